The number of hydrogen-bond acceptors (Lipinski definition) is 2. The van der Waals surface area contributed by atoms with Crippen LogP contribution in [0.25, 0.3) is 0 Å². The summed E-state index contributed by atoms with van der Waals surface area (Å²) in [7, 11) is 0. The molecule has 0 saturated carbocycles. The molecule has 0 aliphatic heterocycles. The quantitative estimate of drug-likeness (QED) is 0.433. The summed E-state index contributed by atoms with van der Waals surface area (Å²) in [5, 5.41) is 11.9. The number of aromatic nitrogens is 2. The molecule has 140 valence electrons. The van der Waals surface area contributed by atoms with E-state index in [1.807, 2.05) is 0 Å². The van der Waals surface area contributed by atoms with Crippen LogP contribution in [0.2, 0.25) is 20.1 Å². The Bertz CT molecular complexity index is 968. The molecular formula is C17H11Cl4FN4S. The first kappa shape index (κ1) is 20.2. The maximum atomic E-state index is 13.9. The fraction of sp³-hybridized carbons (Fsp3) is 0.0588. The highest BCUT2D eigenvalue weighted by Crippen LogP contribution is 2.25. The first-order valence-electron chi connectivity index (χ1n) is 7.52. The summed E-state index contributed by atoms with van der Waals surface area (Å²) in [6, 6.07) is 9.43. The second kappa shape index (κ2) is 8.63. The number of rotatable bonds is 4. The van der Waals surface area contributed by atoms with E-state index in [2.05, 4.69) is 15.7 Å². The molecule has 0 amide bonds. The van der Waals surface area contributed by atoms with Gasteiger partial charge in [-0.05, 0) is 42.5 Å². The molecule has 0 radical (unpaired) electrons. The van der Waals surface area contributed by atoms with Crippen LogP contribution in [0.4, 0.5) is 15.9 Å². The average molecular weight is 464 g/mol. The molecular weight excluding hydrogens is 453 g/mol. The maximum absolute atomic E-state index is 13.9. The molecule has 10 heteroatoms. The Kier molecular flexibility index (Phi) is 6.44. The normalized spacial score (nSPS) is 10.7. The van der Waals surface area contributed by atoms with Gasteiger partial charge in [0.15, 0.2) is 10.9 Å². The van der Waals surface area contributed by atoms with E-state index >= 15 is 0 Å². The standard InChI is InChI=1S/C17H11Cl4FN4S/c18-9-4-10(19)6-11(5-9)23-17(27)24-16-14(21)8-26(25-16)7-12-13(20)2-1-3-15(12)22/h1-6,8H,7H2,(H2,23,24,25,27). The fourth-order valence-corrected chi connectivity index (χ4v) is 3.47. The summed E-state index contributed by atoms with van der Waals surface area (Å²) in [5.41, 5.74) is 0.929. The zero-order chi connectivity index (χ0) is 19.6. The van der Waals surface area contributed by atoms with Gasteiger partial charge in [0.25, 0.3) is 0 Å². The van der Waals surface area contributed by atoms with Gasteiger partial charge in [-0.1, -0.05) is 52.5 Å². The lowest BCUT2D eigenvalue weighted by molar-refractivity contribution is 0.586. The van der Waals surface area contributed by atoms with Crippen molar-refractivity contribution in [1.82, 2.24) is 9.78 Å². The number of nitrogens with one attached hydrogen (secondary N) is 2. The summed E-state index contributed by atoms with van der Waals surface area (Å²) in [4.78, 5) is 0. The highest BCUT2D eigenvalue weighted by Gasteiger charge is 2.13. The summed E-state index contributed by atoms with van der Waals surface area (Å²) >= 11 is 29.4. The van der Waals surface area contributed by atoms with E-state index in [9.17, 15) is 4.39 Å². The third-order valence-electron chi connectivity index (χ3n) is 3.45. The number of nitrogens with zero attached hydrogens (tertiary/aromatic N) is 2. The SMILES string of the molecule is Fc1cccc(Cl)c1Cn1cc(Cl)c(NC(=S)Nc2cc(Cl)cc(Cl)c2)n1. The minimum absolute atomic E-state index is 0.122. The van der Waals surface area contributed by atoms with Crippen LogP contribution < -0.4 is 10.6 Å². The predicted molar refractivity (Wildman–Crippen MR) is 114 cm³/mol. The number of thiocarbonyl (C=S) groups is 1. The van der Waals surface area contributed by atoms with Crippen molar-refractivity contribution in [3.8, 4) is 0 Å². The molecule has 0 bridgehead atoms. The molecule has 27 heavy (non-hydrogen) atoms. The second-order valence-electron chi connectivity index (χ2n) is 5.46. The number of anilines is 2. The van der Waals surface area contributed by atoms with Crippen LogP contribution in [0.5, 0.6) is 0 Å². The topological polar surface area (TPSA) is 41.9 Å². The fourth-order valence-electron chi connectivity index (χ4n) is 2.30. The summed E-state index contributed by atoms with van der Waals surface area (Å²) in [6.45, 7) is 0.122. The molecule has 2 N–H and O–H groups in total. The third kappa shape index (κ3) is 5.24. The van der Waals surface area contributed by atoms with Crippen molar-refractivity contribution in [3.05, 3.63) is 74.1 Å². The molecule has 2 aromatic carbocycles. The van der Waals surface area contributed by atoms with Crippen LogP contribution in [-0.2, 0) is 6.54 Å². The number of benzene rings is 2. The Morgan fingerprint density at radius 3 is 2.41 bits per heavy atom. The van der Waals surface area contributed by atoms with Crippen molar-refractivity contribution in [2.45, 2.75) is 6.54 Å². The Morgan fingerprint density at radius 2 is 1.74 bits per heavy atom. The van der Waals surface area contributed by atoms with E-state index < -0.39 is 5.82 Å². The number of halogens is 5. The Morgan fingerprint density at radius 1 is 1.04 bits per heavy atom. The van der Waals surface area contributed by atoms with Gasteiger partial charge < -0.3 is 10.6 Å². The van der Waals surface area contributed by atoms with Crippen LogP contribution >= 0.6 is 58.6 Å². The summed E-state index contributed by atoms with van der Waals surface area (Å²) in [5.74, 6) is -0.103. The van der Waals surface area contributed by atoms with Gasteiger partial charge in [0.05, 0.1) is 6.54 Å². The molecule has 0 aliphatic rings. The van der Waals surface area contributed by atoms with E-state index in [1.165, 1.54) is 16.8 Å². The molecule has 3 aromatic rings. The van der Waals surface area contributed by atoms with Gasteiger partial charge in [0, 0.05) is 32.5 Å². The maximum Gasteiger partial charge on any atom is 0.176 e. The lowest BCUT2D eigenvalue weighted by Crippen LogP contribution is -2.19. The van der Waals surface area contributed by atoms with Gasteiger partial charge in [-0.2, -0.15) is 5.10 Å². The minimum atomic E-state index is -0.418. The van der Waals surface area contributed by atoms with E-state index in [-0.39, 0.29) is 11.7 Å². The largest absolute Gasteiger partial charge is 0.332 e. The van der Waals surface area contributed by atoms with Crippen LogP contribution in [-0.4, -0.2) is 14.9 Å². The van der Waals surface area contributed by atoms with Gasteiger partial charge in [0.2, 0.25) is 0 Å². The molecule has 0 aliphatic carbocycles. The van der Waals surface area contributed by atoms with Gasteiger partial charge in [-0.25, -0.2) is 4.39 Å². The van der Waals surface area contributed by atoms with Crippen LogP contribution in [0, 0.1) is 5.82 Å². The molecule has 1 heterocycles. The predicted octanol–water partition coefficient (Wildman–Crippen LogP) is 6.49. The van der Waals surface area contributed by atoms with Gasteiger partial charge in [-0.15, -0.1) is 0 Å². The molecule has 0 saturated heterocycles. The van der Waals surface area contributed by atoms with E-state index in [1.54, 1.807) is 30.5 Å². The van der Waals surface area contributed by atoms with Crippen LogP contribution in [0.15, 0.2) is 42.6 Å². The van der Waals surface area contributed by atoms with Gasteiger partial charge in [0.1, 0.15) is 10.8 Å². The monoisotopic (exact) mass is 462 g/mol. The van der Waals surface area contributed by atoms with Crippen molar-refractivity contribution in [2.75, 3.05) is 10.6 Å². The summed E-state index contributed by atoms with van der Waals surface area (Å²) < 4.78 is 15.4. The first-order chi connectivity index (χ1) is 12.8. The van der Waals surface area contributed by atoms with Gasteiger partial charge in [-0.3, -0.25) is 4.68 Å². The Labute approximate surface area is 180 Å². The highest BCUT2D eigenvalue weighted by atomic mass is 35.5. The third-order valence-corrected chi connectivity index (χ3v) is 4.72. The van der Waals surface area contributed by atoms with Crippen molar-refractivity contribution < 1.29 is 4.39 Å². The van der Waals surface area contributed by atoms with Crippen molar-refractivity contribution >= 4 is 75.2 Å². The van der Waals surface area contributed by atoms with Crippen LogP contribution in [0.1, 0.15) is 5.56 Å². The van der Waals surface area contributed by atoms with Crippen molar-refractivity contribution in [1.29, 1.82) is 0 Å². The van der Waals surface area contributed by atoms with E-state index in [4.69, 9.17) is 58.6 Å². The van der Waals surface area contributed by atoms with Gasteiger partial charge >= 0.3 is 0 Å². The molecule has 0 atom stereocenters. The number of hydrogen-bond donors (Lipinski definition) is 2. The smallest absolute Gasteiger partial charge is 0.176 e. The lowest BCUT2D eigenvalue weighted by atomic mass is 10.2. The zero-order valence-electron chi connectivity index (χ0n) is 13.4. The summed E-state index contributed by atoms with van der Waals surface area (Å²) in [6.07, 6.45) is 1.55. The highest BCUT2D eigenvalue weighted by molar-refractivity contribution is 7.80. The Balaban J connectivity index is 1.72. The first-order valence-corrected chi connectivity index (χ1v) is 9.44. The van der Waals surface area contributed by atoms with E-state index in [0.717, 1.165) is 0 Å². The molecule has 0 unspecified atom stereocenters. The molecule has 3 rings (SSSR count). The lowest BCUT2D eigenvalue weighted by Gasteiger charge is -2.10. The molecule has 1 aromatic heterocycles. The zero-order valence-corrected chi connectivity index (χ0v) is 17.3. The molecule has 4 nitrogen and oxygen atoms in total. The van der Waals surface area contributed by atoms with E-state index in [0.29, 0.717) is 37.2 Å². The molecule has 0 fully saturated rings. The van der Waals surface area contributed by atoms with Crippen molar-refractivity contribution in [3.63, 3.8) is 0 Å². The Hall–Kier alpha value is -1.57. The van der Waals surface area contributed by atoms with Crippen LogP contribution in [0.3, 0.4) is 0 Å². The van der Waals surface area contributed by atoms with Crippen molar-refractivity contribution in [2.24, 2.45) is 0 Å². The second-order valence-corrected chi connectivity index (χ2v) is 7.56. The average Bonchev–Trinajstić information content (AvgIpc) is 2.89. The minimum Gasteiger partial charge on any atom is -0.332 e. The molecule has 0 spiro atoms.